The molecule has 112 valence electrons. The van der Waals surface area contributed by atoms with E-state index >= 15 is 0 Å². The zero-order valence-corrected chi connectivity index (χ0v) is 12.9. The summed E-state index contributed by atoms with van der Waals surface area (Å²) in [6.45, 7) is 6.37. The van der Waals surface area contributed by atoms with Crippen molar-refractivity contribution < 1.29 is 4.79 Å². The van der Waals surface area contributed by atoms with Gasteiger partial charge in [0, 0.05) is 24.5 Å². The van der Waals surface area contributed by atoms with Crippen molar-refractivity contribution in [1.29, 1.82) is 0 Å². The quantitative estimate of drug-likeness (QED) is 0.746. The molecule has 0 spiro atoms. The number of para-hydroxylation sites is 1. The molecule has 1 aromatic carbocycles. The van der Waals surface area contributed by atoms with Gasteiger partial charge in [0.05, 0.1) is 17.0 Å². The summed E-state index contributed by atoms with van der Waals surface area (Å²) < 4.78 is 1.72. The van der Waals surface area contributed by atoms with E-state index in [1.165, 1.54) is 0 Å². The van der Waals surface area contributed by atoms with Gasteiger partial charge in [-0.25, -0.2) is 9.50 Å². The molecule has 0 saturated carbocycles. The van der Waals surface area contributed by atoms with Crippen LogP contribution in [0.15, 0.2) is 42.6 Å². The van der Waals surface area contributed by atoms with Crippen LogP contribution < -0.4 is 4.90 Å². The van der Waals surface area contributed by atoms with Gasteiger partial charge in [-0.3, -0.25) is 4.79 Å². The second kappa shape index (κ2) is 5.60. The monoisotopic (exact) mass is 294 g/mol. The lowest BCUT2D eigenvalue weighted by atomic mass is 10.2. The molecule has 0 unspecified atom stereocenters. The standard InChI is InChI=1S/C17H18N4O/c1-4-20(14-8-6-5-7-9-14)17(22)15-11-18-16-10-12(2)19-21(16)13(15)3/h5-11H,4H2,1-3H3. The lowest BCUT2D eigenvalue weighted by Crippen LogP contribution is -2.31. The van der Waals surface area contributed by atoms with Crippen LogP contribution in [-0.2, 0) is 0 Å². The van der Waals surface area contributed by atoms with Gasteiger partial charge in [-0.15, -0.1) is 0 Å². The summed E-state index contributed by atoms with van der Waals surface area (Å²) in [5.74, 6) is -0.0613. The zero-order chi connectivity index (χ0) is 15.7. The number of benzene rings is 1. The molecular weight excluding hydrogens is 276 g/mol. The first-order valence-corrected chi connectivity index (χ1v) is 7.30. The van der Waals surface area contributed by atoms with Crippen LogP contribution in [0.4, 0.5) is 5.69 Å². The Bertz CT molecular complexity index is 823. The molecule has 0 aliphatic rings. The van der Waals surface area contributed by atoms with Crippen LogP contribution in [0.1, 0.15) is 28.7 Å². The van der Waals surface area contributed by atoms with E-state index in [2.05, 4.69) is 10.1 Å². The van der Waals surface area contributed by atoms with Crippen LogP contribution in [0.3, 0.4) is 0 Å². The Labute approximate surface area is 129 Å². The highest BCUT2D eigenvalue weighted by molar-refractivity contribution is 6.06. The number of aryl methyl sites for hydroxylation is 2. The Morgan fingerprint density at radius 1 is 1.23 bits per heavy atom. The van der Waals surface area contributed by atoms with Crippen molar-refractivity contribution in [1.82, 2.24) is 14.6 Å². The Morgan fingerprint density at radius 2 is 1.95 bits per heavy atom. The molecule has 3 rings (SSSR count). The van der Waals surface area contributed by atoms with Crippen LogP contribution in [0.5, 0.6) is 0 Å². The molecule has 0 bridgehead atoms. The van der Waals surface area contributed by atoms with Crippen LogP contribution in [0.25, 0.3) is 5.65 Å². The second-order valence-corrected chi connectivity index (χ2v) is 5.20. The molecule has 5 heteroatoms. The molecule has 2 aromatic heterocycles. The summed E-state index contributed by atoms with van der Waals surface area (Å²) in [5.41, 5.74) is 3.90. The van der Waals surface area contributed by atoms with Crippen LogP contribution in [-0.4, -0.2) is 27.0 Å². The molecule has 0 saturated heterocycles. The first kappa shape index (κ1) is 14.3. The predicted molar refractivity (Wildman–Crippen MR) is 86.3 cm³/mol. The summed E-state index contributed by atoms with van der Waals surface area (Å²) >= 11 is 0. The Balaban J connectivity index is 2.06. The van der Waals surface area contributed by atoms with Gasteiger partial charge in [0.15, 0.2) is 5.65 Å². The normalized spacial score (nSPS) is 10.9. The van der Waals surface area contributed by atoms with E-state index in [-0.39, 0.29) is 5.91 Å². The van der Waals surface area contributed by atoms with Crippen molar-refractivity contribution in [3.63, 3.8) is 0 Å². The number of hydrogen-bond donors (Lipinski definition) is 0. The maximum atomic E-state index is 12.9. The number of aromatic nitrogens is 3. The number of fused-ring (bicyclic) bond motifs is 1. The molecule has 0 atom stereocenters. The van der Waals surface area contributed by atoms with Crippen LogP contribution >= 0.6 is 0 Å². The fourth-order valence-corrected chi connectivity index (χ4v) is 2.57. The van der Waals surface area contributed by atoms with Crippen LogP contribution in [0, 0.1) is 13.8 Å². The first-order chi connectivity index (χ1) is 10.6. The molecule has 1 amide bonds. The number of hydrogen-bond acceptors (Lipinski definition) is 3. The maximum absolute atomic E-state index is 12.9. The zero-order valence-electron chi connectivity index (χ0n) is 12.9. The van der Waals surface area contributed by atoms with Crippen molar-refractivity contribution in [2.75, 3.05) is 11.4 Å². The van der Waals surface area contributed by atoms with Gasteiger partial charge in [-0.1, -0.05) is 18.2 Å². The summed E-state index contributed by atoms with van der Waals surface area (Å²) in [6.07, 6.45) is 1.64. The van der Waals surface area contributed by atoms with E-state index in [0.29, 0.717) is 12.1 Å². The van der Waals surface area contributed by atoms with Gasteiger partial charge in [0.2, 0.25) is 0 Å². The van der Waals surface area contributed by atoms with Gasteiger partial charge in [0.25, 0.3) is 5.91 Å². The van der Waals surface area contributed by atoms with Crippen molar-refractivity contribution in [3.8, 4) is 0 Å². The summed E-state index contributed by atoms with van der Waals surface area (Å²) in [5, 5.41) is 4.40. The van der Waals surface area contributed by atoms with Gasteiger partial charge >= 0.3 is 0 Å². The first-order valence-electron chi connectivity index (χ1n) is 7.30. The predicted octanol–water partition coefficient (Wildman–Crippen LogP) is 3.01. The third kappa shape index (κ3) is 2.35. The van der Waals surface area contributed by atoms with Gasteiger partial charge in [-0.05, 0) is 32.9 Å². The van der Waals surface area contributed by atoms with E-state index in [0.717, 1.165) is 22.7 Å². The van der Waals surface area contributed by atoms with Crippen LogP contribution in [0.2, 0.25) is 0 Å². The minimum atomic E-state index is -0.0613. The number of carbonyl (C=O) groups excluding carboxylic acids is 1. The molecule has 3 aromatic rings. The van der Waals surface area contributed by atoms with Crippen molar-refractivity contribution in [3.05, 3.63) is 59.5 Å². The Kier molecular flexibility index (Phi) is 3.63. The Hall–Kier alpha value is -2.69. The largest absolute Gasteiger partial charge is 0.309 e. The molecule has 2 heterocycles. The van der Waals surface area contributed by atoms with E-state index < -0.39 is 0 Å². The minimum Gasteiger partial charge on any atom is -0.309 e. The van der Waals surface area contributed by atoms with E-state index in [9.17, 15) is 4.79 Å². The Morgan fingerprint density at radius 3 is 2.64 bits per heavy atom. The highest BCUT2D eigenvalue weighted by Gasteiger charge is 2.20. The van der Waals surface area contributed by atoms with E-state index in [4.69, 9.17) is 0 Å². The van der Waals surface area contributed by atoms with Gasteiger partial charge in [0.1, 0.15) is 0 Å². The van der Waals surface area contributed by atoms with Crippen molar-refractivity contribution in [2.45, 2.75) is 20.8 Å². The third-order valence-electron chi connectivity index (χ3n) is 3.71. The van der Waals surface area contributed by atoms with Crippen molar-refractivity contribution >= 4 is 17.2 Å². The lowest BCUT2D eigenvalue weighted by Gasteiger charge is -2.21. The van der Waals surface area contributed by atoms with Gasteiger partial charge < -0.3 is 4.90 Å². The lowest BCUT2D eigenvalue weighted by molar-refractivity contribution is 0.0986. The highest BCUT2D eigenvalue weighted by atomic mass is 16.2. The summed E-state index contributed by atoms with van der Waals surface area (Å²) in [4.78, 5) is 19.0. The molecule has 5 nitrogen and oxygen atoms in total. The van der Waals surface area contributed by atoms with Crippen molar-refractivity contribution in [2.24, 2.45) is 0 Å². The average molecular weight is 294 g/mol. The number of rotatable bonds is 3. The van der Waals surface area contributed by atoms with E-state index in [1.807, 2.05) is 57.2 Å². The molecule has 0 aliphatic heterocycles. The SMILES string of the molecule is CCN(C(=O)c1cnc2cc(C)nn2c1C)c1ccccc1. The second-order valence-electron chi connectivity index (χ2n) is 5.20. The third-order valence-corrected chi connectivity index (χ3v) is 3.71. The summed E-state index contributed by atoms with van der Waals surface area (Å²) in [7, 11) is 0. The fraction of sp³-hybridized carbons (Fsp3) is 0.235. The fourth-order valence-electron chi connectivity index (χ4n) is 2.57. The maximum Gasteiger partial charge on any atom is 0.261 e. The molecule has 0 N–H and O–H groups in total. The highest BCUT2D eigenvalue weighted by Crippen LogP contribution is 2.19. The molecular formula is C17H18N4O. The van der Waals surface area contributed by atoms with E-state index in [1.54, 1.807) is 15.6 Å². The minimum absolute atomic E-state index is 0.0613. The molecule has 0 fully saturated rings. The smallest absolute Gasteiger partial charge is 0.261 e. The van der Waals surface area contributed by atoms with Gasteiger partial charge in [-0.2, -0.15) is 5.10 Å². The molecule has 0 aliphatic carbocycles. The summed E-state index contributed by atoms with van der Waals surface area (Å²) in [6, 6.07) is 11.6. The molecule has 22 heavy (non-hydrogen) atoms. The average Bonchev–Trinajstić information content (AvgIpc) is 2.91. The molecule has 0 radical (unpaired) electrons. The topological polar surface area (TPSA) is 50.5 Å². The number of amides is 1. The number of carbonyl (C=O) groups is 1. The number of nitrogens with zero attached hydrogens (tertiary/aromatic N) is 4. The number of anilines is 1.